The zero-order valence-electron chi connectivity index (χ0n) is 10.7. The van der Waals surface area contributed by atoms with Crippen molar-refractivity contribution in [3.8, 4) is 17.2 Å². The first kappa shape index (κ1) is 12.7. The number of imidazole rings is 1. The van der Waals surface area contributed by atoms with Crippen LogP contribution in [0, 0.1) is 0 Å². The van der Waals surface area contributed by atoms with Crippen LogP contribution in [0.2, 0.25) is 0 Å². The van der Waals surface area contributed by atoms with Crippen LogP contribution >= 0.6 is 11.8 Å². The van der Waals surface area contributed by atoms with E-state index in [1.54, 1.807) is 19.5 Å². The molecule has 0 fully saturated rings. The Morgan fingerprint density at radius 3 is 3.15 bits per heavy atom. The van der Waals surface area contributed by atoms with E-state index < -0.39 is 0 Å². The SMILES string of the molecule is COc1cccc(-c2nc(CSc3ncc[nH]3)no2)c1. The standard InChI is InChI=1S/C13H12N4O2S/c1-18-10-4-2-3-9(7-10)12-16-11(17-19-12)8-20-13-14-5-6-15-13/h2-7H,8H2,1H3,(H,14,15). The maximum absolute atomic E-state index is 5.26. The number of methoxy groups -OCH3 is 1. The molecular weight excluding hydrogens is 276 g/mol. The van der Waals surface area contributed by atoms with Gasteiger partial charge in [0.1, 0.15) is 5.75 Å². The minimum absolute atomic E-state index is 0.485. The number of hydrogen-bond acceptors (Lipinski definition) is 6. The van der Waals surface area contributed by atoms with Gasteiger partial charge in [-0.3, -0.25) is 0 Å². The van der Waals surface area contributed by atoms with Crippen LogP contribution in [0.4, 0.5) is 0 Å². The fraction of sp³-hybridized carbons (Fsp3) is 0.154. The highest BCUT2D eigenvalue weighted by Crippen LogP contribution is 2.24. The monoisotopic (exact) mass is 288 g/mol. The molecule has 102 valence electrons. The molecule has 0 aliphatic rings. The first-order chi connectivity index (χ1) is 9.85. The van der Waals surface area contributed by atoms with Gasteiger partial charge >= 0.3 is 0 Å². The molecule has 6 nitrogen and oxygen atoms in total. The maximum atomic E-state index is 5.26. The van der Waals surface area contributed by atoms with E-state index in [2.05, 4.69) is 20.1 Å². The van der Waals surface area contributed by atoms with Gasteiger partial charge in [-0.05, 0) is 18.2 Å². The van der Waals surface area contributed by atoms with Gasteiger partial charge in [0, 0.05) is 18.0 Å². The van der Waals surface area contributed by atoms with Crippen molar-refractivity contribution in [3.63, 3.8) is 0 Å². The molecule has 0 spiro atoms. The van der Waals surface area contributed by atoms with Crippen LogP contribution in [0.1, 0.15) is 5.82 Å². The Morgan fingerprint density at radius 2 is 2.35 bits per heavy atom. The smallest absolute Gasteiger partial charge is 0.258 e. The second-order valence-electron chi connectivity index (χ2n) is 3.93. The molecule has 0 saturated heterocycles. The van der Waals surface area contributed by atoms with Crippen LogP contribution in [0.5, 0.6) is 5.75 Å². The minimum atomic E-state index is 0.485. The molecule has 0 atom stereocenters. The average molecular weight is 288 g/mol. The van der Waals surface area contributed by atoms with Gasteiger partial charge in [0.2, 0.25) is 0 Å². The summed E-state index contributed by atoms with van der Waals surface area (Å²) in [6.07, 6.45) is 3.49. The number of rotatable bonds is 5. The lowest BCUT2D eigenvalue weighted by Gasteiger charge is -1.99. The highest BCUT2D eigenvalue weighted by atomic mass is 32.2. The van der Waals surface area contributed by atoms with E-state index in [0.29, 0.717) is 17.5 Å². The van der Waals surface area contributed by atoms with Crippen molar-refractivity contribution in [1.29, 1.82) is 0 Å². The molecule has 2 aromatic heterocycles. The first-order valence-corrected chi connectivity index (χ1v) is 6.93. The topological polar surface area (TPSA) is 76.8 Å². The Morgan fingerprint density at radius 1 is 1.40 bits per heavy atom. The summed E-state index contributed by atoms with van der Waals surface area (Å²) in [7, 11) is 1.62. The normalized spacial score (nSPS) is 10.7. The van der Waals surface area contributed by atoms with Crippen LogP contribution in [0.15, 0.2) is 46.3 Å². The molecular formula is C13H12N4O2S. The van der Waals surface area contributed by atoms with Gasteiger partial charge in [-0.2, -0.15) is 4.98 Å². The van der Waals surface area contributed by atoms with Crippen LogP contribution in [-0.4, -0.2) is 27.2 Å². The summed E-state index contributed by atoms with van der Waals surface area (Å²) in [5, 5.41) is 4.79. The summed E-state index contributed by atoms with van der Waals surface area (Å²) in [5.74, 6) is 2.47. The number of nitrogens with zero attached hydrogens (tertiary/aromatic N) is 3. The quantitative estimate of drug-likeness (QED) is 0.727. The van der Waals surface area contributed by atoms with Gasteiger partial charge in [-0.15, -0.1) is 0 Å². The second kappa shape index (κ2) is 5.79. The Balaban J connectivity index is 1.72. The van der Waals surface area contributed by atoms with E-state index in [1.165, 1.54) is 11.8 Å². The van der Waals surface area contributed by atoms with Crippen molar-refractivity contribution in [3.05, 3.63) is 42.5 Å². The molecule has 20 heavy (non-hydrogen) atoms. The fourth-order valence-corrected chi connectivity index (χ4v) is 2.32. The third kappa shape index (κ3) is 2.83. The fourth-order valence-electron chi connectivity index (χ4n) is 1.65. The third-order valence-corrected chi connectivity index (χ3v) is 3.50. The Bertz CT molecular complexity index is 681. The number of benzene rings is 1. The molecule has 0 unspecified atom stereocenters. The van der Waals surface area contributed by atoms with Gasteiger partial charge in [0.15, 0.2) is 11.0 Å². The number of ether oxygens (including phenoxy) is 1. The van der Waals surface area contributed by atoms with E-state index in [4.69, 9.17) is 9.26 Å². The van der Waals surface area contributed by atoms with E-state index in [1.807, 2.05) is 24.3 Å². The predicted octanol–water partition coefficient (Wildman–Crippen LogP) is 2.76. The molecule has 7 heteroatoms. The number of nitrogens with one attached hydrogen (secondary N) is 1. The maximum Gasteiger partial charge on any atom is 0.258 e. The minimum Gasteiger partial charge on any atom is -0.497 e. The predicted molar refractivity (Wildman–Crippen MR) is 74.4 cm³/mol. The first-order valence-electron chi connectivity index (χ1n) is 5.94. The molecule has 0 aliphatic heterocycles. The summed E-state index contributed by atoms with van der Waals surface area (Å²) in [6.45, 7) is 0. The summed E-state index contributed by atoms with van der Waals surface area (Å²) in [6, 6.07) is 7.51. The highest BCUT2D eigenvalue weighted by Gasteiger charge is 2.10. The zero-order valence-corrected chi connectivity index (χ0v) is 11.6. The summed E-state index contributed by atoms with van der Waals surface area (Å²) >= 11 is 1.52. The largest absolute Gasteiger partial charge is 0.497 e. The number of hydrogen-bond donors (Lipinski definition) is 1. The lowest BCUT2D eigenvalue weighted by molar-refractivity contribution is 0.412. The van der Waals surface area contributed by atoms with E-state index in [0.717, 1.165) is 16.5 Å². The van der Waals surface area contributed by atoms with Crippen LogP contribution in [0.25, 0.3) is 11.5 Å². The molecule has 1 aromatic carbocycles. The van der Waals surface area contributed by atoms with Crippen molar-refractivity contribution in [2.75, 3.05) is 7.11 Å². The van der Waals surface area contributed by atoms with E-state index in [-0.39, 0.29) is 0 Å². The van der Waals surface area contributed by atoms with Gasteiger partial charge < -0.3 is 14.2 Å². The second-order valence-corrected chi connectivity index (χ2v) is 4.89. The number of H-pyrrole nitrogens is 1. The van der Waals surface area contributed by atoms with Crippen LogP contribution in [0.3, 0.4) is 0 Å². The zero-order chi connectivity index (χ0) is 13.8. The number of thioether (sulfide) groups is 1. The Kier molecular flexibility index (Phi) is 3.69. The molecule has 0 amide bonds. The van der Waals surface area contributed by atoms with Crippen molar-refractivity contribution in [2.24, 2.45) is 0 Å². The average Bonchev–Trinajstić information content (AvgIpc) is 3.16. The Labute approximate surface area is 119 Å². The molecule has 3 aromatic rings. The van der Waals surface area contributed by atoms with Gasteiger partial charge in [0.25, 0.3) is 5.89 Å². The lowest BCUT2D eigenvalue weighted by atomic mass is 10.2. The van der Waals surface area contributed by atoms with E-state index in [9.17, 15) is 0 Å². The van der Waals surface area contributed by atoms with Crippen molar-refractivity contribution >= 4 is 11.8 Å². The highest BCUT2D eigenvalue weighted by molar-refractivity contribution is 7.98. The molecule has 3 rings (SSSR count). The summed E-state index contributed by atoms with van der Waals surface area (Å²) in [4.78, 5) is 11.5. The number of aromatic amines is 1. The van der Waals surface area contributed by atoms with Gasteiger partial charge in [-0.1, -0.05) is 23.0 Å². The van der Waals surface area contributed by atoms with Crippen LogP contribution in [-0.2, 0) is 5.75 Å². The third-order valence-electron chi connectivity index (χ3n) is 2.60. The molecule has 0 aliphatic carbocycles. The van der Waals surface area contributed by atoms with Gasteiger partial charge in [-0.25, -0.2) is 4.98 Å². The summed E-state index contributed by atoms with van der Waals surface area (Å²) in [5.41, 5.74) is 0.839. The molecule has 2 heterocycles. The lowest BCUT2D eigenvalue weighted by Crippen LogP contribution is -1.86. The van der Waals surface area contributed by atoms with Crippen LogP contribution < -0.4 is 4.74 Å². The molecule has 0 saturated carbocycles. The number of aromatic nitrogens is 4. The molecule has 0 bridgehead atoms. The Hall–Kier alpha value is -2.28. The molecule has 0 radical (unpaired) electrons. The molecule has 1 N–H and O–H groups in total. The van der Waals surface area contributed by atoms with Crippen molar-refractivity contribution in [1.82, 2.24) is 20.1 Å². The summed E-state index contributed by atoms with van der Waals surface area (Å²) < 4.78 is 10.4. The van der Waals surface area contributed by atoms with Crippen molar-refractivity contribution in [2.45, 2.75) is 10.9 Å². The van der Waals surface area contributed by atoms with Gasteiger partial charge in [0.05, 0.1) is 12.9 Å². The van der Waals surface area contributed by atoms with Crippen molar-refractivity contribution < 1.29 is 9.26 Å². The van der Waals surface area contributed by atoms with E-state index >= 15 is 0 Å².